The lowest BCUT2D eigenvalue weighted by molar-refractivity contribution is 0.0698. The first-order valence-corrected chi connectivity index (χ1v) is 6.50. The number of aromatic carboxylic acids is 1. The van der Waals surface area contributed by atoms with Gasteiger partial charge in [0.1, 0.15) is 0 Å². The molecule has 4 N–H and O–H groups in total. The number of hydrogen-bond donors (Lipinski definition) is 3. The largest absolute Gasteiger partial charge is 0.478 e. The summed E-state index contributed by atoms with van der Waals surface area (Å²) in [7, 11) is 0. The number of rotatable bonds is 3. The molecule has 0 heterocycles. The molecule has 0 spiro atoms. The predicted molar refractivity (Wildman–Crippen MR) is 82.3 cm³/mol. The van der Waals surface area contributed by atoms with Crippen molar-refractivity contribution in [2.24, 2.45) is 0 Å². The Balaban J connectivity index is 2.43. The number of benzene rings is 2. The number of carbonyl (C=O) groups is 1. The Morgan fingerprint density at radius 1 is 1.25 bits per heavy atom. The third-order valence-corrected chi connectivity index (χ3v) is 3.64. The lowest BCUT2D eigenvalue weighted by Gasteiger charge is -2.13. The number of hydrogen-bond acceptors (Lipinski definition) is 3. The number of nitrogen functional groups attached to an aromatic ring is 1. The molecular weight excluding hydrogens is 299 g/mol. The third-order valence-electron chi connectivity index (χ3n) is 2.84. The lowest BCUT2D eigenvalue weighted by Crippen LogP contribution is -2.03. The molecule has 0 amide bonds. The fraction of sp³-hybridized carbons (Fsp3) is 0.0714. The van der Waals surface area contributed by atoms with Gasteiger partial charge < -0.3 is 16.2 Å². The molecule has 0 bridgehead atoms. The van der Waals surface area contributed by atoms with E-state index in [0.717, 1.165) is 5.56 Å². The number of halogens is 2. The Morgan fingerprint density at radius 2 is 1.95 bits per heavy atom. The Morgan fingerprint density at radius 3 is 2.60 bits per heavy atom. The van der Waals surface area contributed by atoms with Gasteiger partial charge in [-0.2, -0.15) is 0 Å². The van der Waals surface area contributed by atoms with E-state index in [-0.39, 0.29) is 11.3 Å². The van der Waals surface area contributed by atoms with Gasteiger partial charge in [-0.3, -0.25) is 0 Å². The maximum atomic E-state index is 11.1. The highest BCUT2D eigenvalue weighted by atomic mass is 35.5. The molecule has 0 radical (unpaired) electrons. The number of anilines is 3. The highest BCUT2D eigenvalue weighted by Gasteiger charge is 2.12. The first kappa shape index (κ1) is 14.5. The van der Waals surface area contributed by atoms with Crippen molar-refractivity contribution in [3.05, 3.63) is 51.5 Å². The van der Waals surface area contributed by atoms with Crippen LogP contribution in [0.15, 0.2) is 30.3 Å². The molecule has 0 atom stereocenters. The van der Waals surface area contributed by atoms with Gasteiger partial charge in [0, 0.05) is 11.4 Å². The smallest absolute Gasteiger partial charge is 0.337 e. The molecule has 4 nitrogen and oxygen atoms in total. The van der Waals surface area contributed by atoms with Crippen LogP contribution in [0.5, 0.6) is 0 Å². The van der Waals surface area contributed by atoms with Crippen LogP contribution >= 0.6 is 23.2 Å². The summed E-state index contributed by atoms with van der Waals surface area (Å²) < 4.78 is 0. The van der Waals surface area contributed by atoms with Crippen LogP contribution in [0.4, 0.5) is 17.1 Å². The van der Waals surface area contributed by atoms with Crippen molar-refractivity contribution < 1.29 is 9.90 Å². The van der Waals surface area contributed by atoms with Gasteiger partial charge in [-0.1, -0.05) is 29.3 Å². The fourth-order valence-corrected chi connectivity index (χ4v) is 2.20. The van der Waals surface area contributed by atoms with Crippen LogP contribution in [0.1, 0.15) is 15.9 Å². The van der Waals surface area contributed by atoms with Gasteiger partial charge in [-0.15, -0.1) is 0 Å². The van der Waals surface area contributed by atoms with E-state index in [1.165, 1.54) is 12.1 Å². The minimum atomic E-state index is -1.09. The summed E-state index contributed by atoms with van der Waals surface area (Å²) in [5.41, 5.74) is 7.78. The fourth-order valence-electron chi connectivity index (χ4n) is 1.73. The van der Waals surface area contributed by atoms with E-state index in [4.69, 9.17) is 34.0 Å². The first-order chi connectivity index (χ1) is 9.40. The second-order valence-corrected chi connectivity index (χ2v) is 5.07. The third kappa shape index (κ3) is 2.81. The first-order valence-electron chi connectivity index (χ1n) is 5.74. The van der Waals surface area contributed by atoms with Crippen LogP contribution in [0.25, 0.3) is 0 Å². The zero-order chi connectivity index (χ0) is 14.9. The number of nitrogens with two attached hydrogens (primary N) is 1. The van der Waals surface area contributed by atoms with E-state index in [1.54, 1.807) is 12.1 Å². The summed E-state index contributed by atoms with van der Waals surface area (Å²) in [5.74, 6) is -1.09. The van der Waals surface area contributed by atoms with Crippen molar-refractivity contribution in [2.75, 3.05) is 11.1 Å². The normalized spacial score (nSPS) is 10.3. The van der Waals surface area contributed by atoms with Gasteiger partial charge in [0.2, 0.25) is 0 Å². The van der Waals surface area contributed by atoms with Crippen LogP contribution in [-0.4, -0.2) is 11.1 Å². The molecule has 20 heavy (non-hydrogen) atoms. The van der Waals surface area contributed by atoms with Crippen LogP contribution in [0.3, 0.4) is 0 Å². The lowest BCUT2D eigenvalue weighted by atomic mass is 10.1. The topological polar surface area (TPSA) is 75.3 Å². The molecule has 104 valence electrons. The molecule has 0 saturated carbocycles. The van der Waals surface area contributed by atoms with Crippen molar-refractivity contribution in [2.45, 2.75) is 6.92 Å². The molecule has 0 saturated heterocycles. The van der Waals surface area contributed by atoms with Crippen LogP contribution in [-0.2, 0) is 0 Å². The van der Waals surface area contributed by atoms with Gasteiger partial charge in [0.25, 0.3) is 0 Å². The molecule has 2 aromatic carbocycles. The average molecular weight is 311 g/mol. The second kappa shape index (κ2) is 5.61. The minimum absolute atomic E-state index is 0.0231. The van der Waals surface area contributed by atoms with Crippen molar-refractivity contribution >= 4 is 46.2 Å². The Hall–Kier alpha value is -1.91. The summed E-state index contributed by atoms with van der Waals surface area (Å²) >= 11 is 12.3. The van der Waals surface area contributed by atoms with Crippen molar-refractivity contribution in [3.63, 3.8) is 0 Å². The molecule has 0 aliphatic rings. The van der Waals surface area contributed by atoms with Gasteiger partial charge in [0.05, 0.1) is 21.3 Å². The van der Waals surface area contributed by atoms with E-state index in [9.17, 15) is 4.79 Å². The van der Waals surface area contributed by atoms with Gasteiger partial charge in [0.15, 0.2) is 0 Å². The van der Waals surface area contributed by atoms with Crippen molar-refractivity contribution in [3.8, 4) is 0 Å². The summed E-state index contributed by atoms with van der Waals surface area (Å²) in [6.45, 7) is 1.86. The predicted octanol–water partition coefficient (Wildman–Crippen LogP) is 4.33. The van der Waals surface area contributed by atoms with E-state index >= 15 is 0 Å². The summed E-state index contributed by atoms with van der Waals surface area (Å²) in [6, 6.07) is 8.15. The van der Waals surface area contributed by atoms with Crippen molar-refractivity contribution in [1.29, 1.82) is 0 Å². The van der Waals surface area contributed by atoms with E-state index in [2.05, 4.69) is 5.32 Å². The zero-order valence-corrected chi connectivity index (χ0v) is 12.1. The molecule has 0 aromatic heterocycles. The maximum Gasteiger partial charge on any atom is 0.337 e. The van der Waals surface area contributed by atoms with Gasteiger partial charge in [-0.25, -0.2) is 4.79 Å². The van der Waals surface area contributed by atoms with Crippen molar-refractivity contribution in [1.82, 2.24) is 0 Å². The second-order valence-electron chi connectivity index (χ2n) is 4.29. The van der Waals surface area contributed by atoms with Gasteiger partial charge >= 0.3 is 5.97 Å². The molecular formula is C14H12Cl2N2O2. The number of carboxylic acid groups (broad SMARTS) is 1. The number of carboxylic acids is 1. The maximum absolute atomic E-state index is 11.1. The summed E-state index contributed by atoms with van der Waals surface area (Å²) in [6.07, 6.45) is 0. The average Bonchev–Trinajstić information content (AvgIpc) is 2.40. The molecule has 6 heteroatoms. The molecule has 0 aliphatic heterocycles. The monoisotopic (exact) mass is 310 g/mol. The SMILES string of the molecule is Cc1ccc(Cl)c(Nc2ccc(N)c(C(=O)O)c2)c1Cl. The Kier molecular flexibility index (Phi) is 4.06. The van der Waals surface area contributed by atoms with E-state index in [1.807, 2.05) is 13.0 Å². The molecule has 0 unspecified atom stereocenters. The van der Waals surface area contributed by atoms with E-state index < -0.39 is 5.97 Å². The Labute approximate surface area is 126 Å². The van der Waals surface area contributed by atoms with Gasteiger partial charge in [-0.05, 0) is 36.8 Å². The van der Waals surface area contributed by atoms with Crippen LogP contribution in [0, 0.1) is 6.92 Å². The minimum Gasteiger partial charge on any atom is -0.478 e. The highest BCUT2D eigenvalue weighted by Crippen LogP contribution is 2.35. The molecule has 2 rings (SSSR count). The molecule has 0 aliphatic carbocycles. The number of nitrogens with one attached hydrogen (secondary N) is 1. The molecule has 2 aromatic rings. The van der Waals surface area contributed by atoms with Crippen LogP contribution in [0.2, 0.25) is 10.0 Å². The Bertz CT molecular complexity index is 687. The van der Waals surface area contributed by atoms with Crippen LogP contribution < -0.4 is 11.1 Å². The standard InChI is InChI=1S/C14H12Cl2N2O2/c1-7-2-4-10(15)13(12(7)16)18-8-3-5-11(17)9(6-8)14(19)20/h2-6,18H,17H2,1H3,(H,19,20). The highest BCUT2D eigenvalue weighted by molar-refractivity contribution is 6.39. The zero-order valence-electron chi connectivity index (χ0n) is 10.6. The van der Waals surface area contributed by atoms with E-state index in [0.29, 0.717) is 21.4 Å². The number of aryl methyl sites for hydroxylation is 1. The quantitative estimate of drug-likeness (QED) is 0.738. The molecule has 0 fully saturated rings. The summed E-state index contributed by atoms with van der Waals surface area (Å²) in [4.78, 5) is 11.1. The summed E-state index contributed by atoms with van der Waals surface area (Å²) in [5, 5.41) is 13.0.